The van der Waals surface area contributed by atoms with Gasteiger partial charge in [0.15, 0.2) is 0 Å². The van der Waals surface area contributed by atoms with Crippen LogP contribution in [0, 0.1) is 0 Å². The zero-order chi connectivity index (χ0) is 39.9. The van der Waals surface area contributed by atoms with Crippen LogP contribution in [0.2, 0.25) is 0 Å². The van der Waals surface area contributed by atoms with Crippen LogP contribution in [-0.2, 0) is 6.42 Å². The summed E-state index contributed by atoms with van der Waals surface area (Å²) in [4.78, 5) is 2.28. The molecule has 0 saturated heterocycles. The van der Waals surface area contributed by atoms with E-state index in [0.29, 0.717) is 0 Å². The summed E-state index contributed by atoms with van der Waals surface area (Å²) >= 11 is 0. The summed E-state index contributed by atoms with van der Waals surface area (Å²) in [5, 5.41) is 2.51. The molecule has 0 amide bonds. The molecule has 1 aromatic heterocycles. The van der Waals surface area contributed by atoms with E-state index in [1.807, 2.05) is 33.8 Å². The molecule has 0 unspecified atom stereocenters. The van der Waals surface area contributed by atoms with Crippen molar-refractivity contribution in [2.75, 3.05) is 11.9 Å². The Labute approximate surface area is 334 Å². The molecule has 3 nitrogen and oxygen atoms in total. The normalized spacial score (nSPS) is 13.3. The van der Waals surface area contributed by atoms with Crippen molar-refractivity contribution < 1.29 is 0 Å². The lowest BCUT2D eigenvalue weighted by Crippen LogP contribution is -2.11. The number of rotatable bonds is 5. The second-order valence-corrected chi connectivity index (χ2v) is 12.9. The predicted molar refractivity (Wildman–Crippen MR) is 246 cm³/mol. The first-order valence-electron chi connectivity index (χ1n) is 19.8. The van der Waals surface area contributed by atoms with Crippen molar-refractivity contribution in [2.45, 2.75) is 47.5 Å². The van der Waals surface area contributed by atoms with Crippen LogP contribution in [0.5, 0.6) is 0 Å². The van der Waals surface area contributed by atoms with Crippen LogP contribution in [0.3, 0.4) is 0 Å². The Hall–Kier alpha value is -6.38. The molecule has 7 aromatic rings. The summed E-state index contributed by atoms with van der Waals surface area (Å²) in [5.74, 6) is 0. The minimum Gasteiger partial charge on any atom is -0.333 e. The number of aromatic nitrogens is 1. The van der Waals surface area contributed by atoms with Gasteiger partial charge in [-0.25, -0.2) is 0 Å². The average Bonchev–Trinajstić information content (AvgIpc) is 3.59. The molecule has 2 heterocycles. The van der Waals surface area contributed by atoms with E-state index in [0.717, 1.165) is 40.2 Å². The van der Waals surface area contributed by atoms with Crippen molar-refractivity contribution in [2.24, 2.45) is 5.73 Å². The van der Waals surface area contributed by atoms with Crippen molar-refractivity contribution in [3.8, 4) is 16.8 Å². The number of fused-ring (bicyclic) bond motifs is 4. The number of para-hydroxylation sites is 2. The molecule has 282 valence electrons. The smallest absolute Gasteiger partial charge is 0.0547 e. The van der Waals surface area contributed by atoms with E-state index < -0.39 is 0 Å². The van der Waals surface area contributed by atoms with Gasteiger partial charge in [0, 0.05) is 40.3 Å². The van der Waals surface area contributed by atoms with E-state index in [-0.39, 0.29) is 0 Å². The molecule has 0 fully saturated rings. The van der Waals surface area contributed by atoms with Gasteiger partial charge in [-0.1, -0.05) is 143 Å². The number of nitrogens with two attached hydrogens (primary N) is 1. The minimum atomic E-state index is 0.896. The molecule has 0 saturated carbocycles. The number of anilines is 2. The third-order valence-electron chi connectivity index (χ3n) is 9.46. The van der Waals surface area contributed by atoms with Crippen LogP contribution in [-0.4, -0.2) is 11.6 Å². The van der Waals surface area contributed by atoms with Crippen LogP contribution in [0.1, 0.15) is 57.7 Å². The molecule has 0 radical (unpaired) electrons. The van der Waals surface area contributed by atoms with Crippen molar-refractivity contribution >= 4 is 38.8 Å². The Morgan fingerprint density at radius 2 is 1.20 bits per heavy atom. The standard InChI is InChI=1S/C43H32N2.C5H6.2C2H6.CH5N/c1-31-13-10-11-26-44(37-19-12-16-33(28-37)27-32-14-4-2-5-15-32)41-25-23-34(29-40(31)41)35-22-24-39-38-20-8-9-21-42(38)45(43(39)30-35)36-17-6-3-7-18-36;1-5-3-2-4-5;3*1-2/h2-26,28-30H,1,27H2;2H,3H2,1H3;2*1-2H3;2H2,1H3/b13-10-,26-11-;;;;. The van der Waals surface area contributed by atoms with Crippen LogP contribution < -0.4 is 10.6 Å². The topological polar surface area (TPSA) is 34.2 Å². The largest absolute Gasteiger partial charge is 0.333 e. The van der Waals surface area contributed by atoms with E-state index in [1.54, 1.807) is 0 Å². The monoisotopic (exact) mass is 733 g/mol. The molecule has 1 aliphatic carbocycles. The fraction of sp³-hybridized carbons (Fsp3) is 0.151. The zero-order valence-corrected chi connectivity index (χ0v) is 33.8. The maximum atomic E-state index is 4.50. The first-order valence-corrected chi connectivity index (χ1v) is 19.8. The number of hydrogen-bond acceptors (Lipinski definition) is 2. The number of nitrogens with zero attached hydrogens (tertiary/aromatic N) is 2. The Morgan fingerprint density at radius 1 is 0.607 bits per heavy atom. The molecular formula is C53H55N3. The SMILES string of the molecule is C=C1/C=C\C=C/N(c2cccc(Cc3ccccc3)c2)c2ccc(-c3ccc4c5ccccc5n(-c5ccccc5)c4c3)cc21.CC.CC.CC1=C=CC1.CN. The first-order chi connectivity index (χ1) is 27.6. The van der Waals surface area contributed by atoms with Crippen molar-refractivity contribution in [3.63, 3.8) is 0 Å². The second-order valence-electron chi connectivity index (χ2n) is 12.9. The fourth-order valence-electron chi connectivity index (χ4n) is 6.84. The summed E-state index contributed by atoms with van der Waals surface area (Å²) in [6, 6.07) is 52.4. The molecule has 0 atom stereocenters. The van der Waals surface area contributed by atoms with E-state index in [9.17, 15) is 0 Å². The zero-order valence-electron chi connectivity index (χ0n) is 33.8. The van der Waals surface area contributed by atoms with Gasteiger partial charge in [0.25, 0.3) is 0 Å². The summed E-state index contributed by atoms with van der Waals surface area (Å²) in [6.07, 6.45) is 12.5. The quantitative estimate of drug-likeness (QED) is 0.179. The van der Waals surface area contributed by atoms with E-state index in [2.05, 4.69) is 204 Å². The average molecular weight is 734 g/mol. The van der Waals surface area contributed by atoms with E-state index >= 15 is 0 Å². The number of benzene rings is 6. The van der Waals surface area contributed by atoms with Crippen molar-refractivity contribution in [1.82, 2.24) is 4.57 Å². The maximum Gasteiger partial charge on any atom is 0.0547 e. The van der Waals surface area contributed by atoms with Gasteiger partial charge >= 0.3 is 0 Å². The number of allylic oxidation sites excluding steroid dienone is 5. The molecular weight excluding hydrogens is 679 g/mol. The van der Waals surface area contributed by atoms with Crippen LogP contribution in [0.25, 0.3) is 44.2 Å². The molecule has 56 heavy (non-hydrogen) atoms. The molecule has 9 rings (SSSR count). The molecule has 3 heteroatoms. The predicted octanol–water partition coefficient (Wildman–Crippen LogP) is 14.4. The van der Waals surface area contributed by atoms with Gasteiger partial charge < -0.3 is 15.2 Å². The highest BCUT2D eigenvalue weighted by atomic mass is 15.1. The van der Waals surface area contributed by atoms with Gasteiger partial charge in [-0.15, -0.1) is 5.73 Å². The van der Waals surface area contributed by atoms with Gasteiger partial charge in [0.1, 0.15) is 0 Å². The molecule has 6 aromatic carbocycles. The van der Waals surface area contributed by atoms with Gasteiger partial charge in [0.2, 0.25) is 0 Å². The lowest BCUT2D eigenvalue weighted by atomic mass is 9.95. The minimum absolute atomic E-state index is 0.896. The first kappa shape index (κ1) is 40.8. The van der Waals surface area contributed by atoms with E-state index in [4.69, 9.17) is 0 Å². The second kappa shape index (κ2) is 20.3. The molecule has 2 aliphatic rings. The summed E-state index contributed by atoms with van der Waals surface area (Å²) in [6.45, 7) is 14.6. The summed E-state index contributed by atoms with van der Waals surface area (Å²) in [7, 11) is 1.50. The third kappa shape index (κ3) is 9.28. The number of hydrogen-bond donors (Lipinski definition) is 1. The Balaban J connectivity index is 0.000000488. The highest BCUT2D eigenvalue weighted by Gasteiger charge is 2.17. The van der Waals surface area contributed by atoms with Crippen LogP contribution in [0.15, 0.2) is 194 Å². The van der Waals surface area contributed by atoms with Crippen LogP contribution in [0.4, 0.5) is 11.4 Å². The molecule has 0 spiro atoms. The van der Waals surface area contributed by atoms with Gasteiger partial charge in [-0.3, -0.25) is 0 Å². The Morgan fingerprint density at radius 3 is 1.89 bits per heavy atom. The highest BCUT2D eigenvalue weighted by Crippen LogP contribution is 2.39. The Kier molecular flexibility index (Phi) is 14.8. The van der Waals surface area contributed by atoms with Crippen molar-refractivity contribution in [1.29, 1.82) is 0 Å². The summed E-state index contributed by atoms with van der Waals surface area (Å²) in [5.41, 5.74) is 21.7. The third-order valence-corrected chi connectivity index (χ3v) is 9.46. The molecule has 2 N–H and O–H groups in total. The van der Waals surface area contributed by atoms with Crippen molar-refractivity contribution in [3.05, 3.63) is 211 Å². The van der Waals surface area contributed by atoms with Gasteiger partial charge in [0.05, 0.1) is 16.7 Å². The van der Waals surface area contributed by atoms with E-state index in [1.165, 1.54) is 57.5 Å². The Bertz CT molecular complexity index is 2490. The van der Waals surface area contributed by atoms with Gasteiger partial charge in [-0.2, -0.15) is 0 Å². The fourth-order valence-corrected chi connectivity index (χ4v) is 6.84. The summed E-state index contributed by atoms with van der Waals surface area (Å²) < 4.78 is 2.37. The molecule has 0 bridgehead atoms. The van der Waals surface area contributed by atoms with Gasteiger partial charge in [-0.05, 0) is 114 Å². The molecule has 1 aliphatic heterocycles. The maximum absolute atomic E-state index is 4.50. The highest BCUT2D eigenvalue weighted by molar-refractivity contribution is 6.10. The lowest BCUT2D eigenvalue weighted by Gasteiger charge is -2.26. The lowest BCUT2D eigenvalue weighted by molar-refractivity contribution is 1.16. The van der Waals surface area contributed by atoms with Crippen LogP contribution >= 0.6 is 0 Å².